The number of hydrogen-bond acceptors (Lipinski definition) is 4. The average molecular weight is 334 g/mol. The van der Waals surface area contributed by atoms with E-state index in [2.05, 4.69) is 17.2 Å². The zero-order chi connectivity index (χ0) is 17.0. The van der Waals surface area contributed by atoms with Crippen molar-refractivity contribution in [3.63, 3.8) is 0 Å². The third-order valence-corrected chi connectivity index (χ3v) is 4.61. The summed E-state index contributed by atoms with van der Waals surface area (Å²) < 4.78 is 0. The first-order chi connectivity index (χ1) is 10.9. The minimum absolute atomic E-state index is 0.116. The highest BCUT2D eigenvalue weighted by Gasteiger charge is 2.25. The summed E-state index contributed by atoms with van der Waals surface area (Å²) in [5.41, 5.74) is 0.882. The number of allylic oxidation sites excluding steroid dienone is 1. The monoisotopic (exact) mass is 334 g/mol. The first-order valence-electron chi connectivity index (χ1n) is 7.18. The van der Waals surface area contributed by atoms with Crippen LogP contribution in [0.2, 0.25) is 0 Å². The van der Waals surface area contributed by atoms with Crippen LogP contribution in [0.3, 0.4) is 0 Å². The van der Waals surface area contributed by atoms with E-state index >= 15 is 0 Å². The van der Waals surface area contributed by atoms with Crippen LogP contribution < -0.4 is 10.6 Å². The van der Waals surface area contributed by atoms with Gasteiger partial charge in [-0.05, 0) is 38.0 Å². The molecule has 122 valence electrons. The fourth-order valence-electron chi connectivity index (χ4n) is 2.13. The van der Waals surface area contributed by atoms with E-state index in [1.165, 1.54) is 11.8 Å². The summed E-state index contributed by atoms with van der Waals surface area (Å²) in [7, 11) is 0. The van der Waals surface area contributed by atoms with Crippen molar-refractivity contribution in [2.75, 3.05) is 5.32 Å². The highest BCUT2D eigenvalue weighted by atomic mass is 32.2. The molecule has 0 spiro atoms. The maximum atomic E-state index is 12.2. The lowest BCUT2D eigenvalue weighted by atomic mass is 10.1. The normalized spacial score (nSPS) is 17.6. The number of carbonyl (C=O) groups is 3. The van der Waals surface area contributed by atoms with Crippen LogP contribution >= 0.6 is 11.8 Å². The minimum Gasteiger partial charge on any atom is -0.480 e. The summed E-state index contributed by atoms with van der Waals surface area (Å²) >= 11 is 1.42. The number of aliphatic carboxylic acids is 1. The first kappa shape index (κ1) is 17.1. The predicted octanol–water partition coefficient (Wildman–Crippen LogP) is 2.27. The highest BCUT2D eigenvalue weighted by molar-refractivity contribution is 8.00. The number of carbonyl (C=O) groups excluding carboxylic acids is 2. The largest absolute Gasteiger partial charge is 0.480 e. The summed E-state index contributed by atoms with van der Waals surface area (Å²) in [6.07, 6.45) is 2.38. The molecule has 2 rings (SSSR count). The van der Waals surface area contributed by atoms with Crippen molar-refractivity contribution >= 4 is 35.2 Å². The van der Waals surface area contributed by atoms with Crippen LogP contribution in [0.15, 0.2) is 35.7 Å². The molecule has 0 saturated heterocycles. The second-order valence-electron chi connectivity index (χ2n) is 5.19. The summed E-state index contributed by atoms with van der Waals surface area (Å²) in [6.45, 7) is 5.35. The third kappa shape index (κ3) is 4.13. The van der Waals surface area contributed by atoms with E-state index in [9.17, 15) is 14.4 Å². The lowest BCUT2D eigenvalue weighted by Crippen LogP contribution is -2.40. The van der Waals surface area contributed by atoms with Crippen LogP contribution in [0.5, 0.6) is 0 Å². The number of anilines is 1. The van der Waals surface area contributed by atoms with E-state index < -0.39 is 17.9 Å². The Labute approximate surface area is 138 Å². The Bertz CT molecular complexity index is 659. The third-order valence-electron chi connectivity index (χ3n) is 3.44. The molecular weight excluding hydrogens is 316 g/mol. The molecule has 2 atom stereocenters. The molecule has 1 heterocycles. The maximum absolute atomic E-state index is 12.2. The minimum atomic E-state index is -1.09. The summed E-state index contributed by atoms with van der Waals surface area (Å²) in [6, 6.07) is 3.97. The van der Waals surface area contributed by atoms with Crippen LogP contribution in [0.25, 0.3) is 0 Å². The Morgan fingerprint density at radius 2 is 2.26 bits per heavy atom. The molecule has 0 bridgehead atoms. The molecule has 0 fully saturated rings. The fourth-order valence-corrected chi connectivity index (χ4v) is 3.06. The van der Waals surface area contributed by atoms with Crippen molar-refractivity contribution in [1.29, 1.82) is 0 Å². The molecule has 0 saturated carbocycles. The molecule has 3 N–H and O–H groups in total. The molecule has 1 aliphatic rings. The molecule has 7 heteroatoms. The number of hydrogen-bond donors (Lipinski definition) is 3. The standard InChI is InChI=1S/C16H18N2O4S/c1-3-4-5-11(16(21)22)17-15(20)10-6-7-13-12(8-10)18-14(19)9(2)23-13/h3,6-9,11H,1,4-5H2,2H3,(H,17,20)(H,18,19)(H,21,22). The second kappa shape index (κ2) is 7.32. The van der Waals surface area contributed by atoms with Crippen molar-refractivity contribution in [2.45, 2.75) is 36.0 Å². The number of rotatable bonds is 6. The van der Waals surface area contributed by atoms with Crippen LogP contribution in [0.4, 0.5) is 5.69 Å². The molecule has 0 radical (unpaired) electrons. The Balaban J connectivity index is 2.13. The van der Waals surface area contributed by atoms with Crippen molar-refractivity contribution in [1.82, 2.24) is 5.32 Å². The first-order valence-corrected chi connectivity index (χ1v) is 8.06. The van der Waals surface area contributed by atoms with E-state index in [0.29, 0.717) is 17.7 Å². The number of thioether (sulfide) groups is 1. The topological polar surface area (TPSA) is 95.5 Å². The van der Waals surface area contributed by atoms with Crippen molar-refractivity contribution in [3.05, 3.63) is 36.4 Å². The molecule has 1 aromatic rings. The zero-order valence-electron chi connectivity index (χ0n) is 12.7. The Morgan fingerprint density at radius 3 is 2.91 bits per heavy atom. The van der Waals surface area contributed by atoms with Gasteiger partial charge in [-0.3, -0.25) is 9.59 Å². The highest BCUT2D eigenvalue weighted by Crippen LogP contribution is 2.35. The van der Waals surface area contributed by atoms with Crippen LogP contribution in [-0.2, 0) is 9.59 Å². The number of benzene rings is 1. The SMILES string of the molecule is C=CCCC(NC(=O)c1ccc2c(c1)NC(=O)C(C)S2)C(=O)O. The van der Waals surface area contributed by atoms with Gasteiger partial charge in [-0.1, -0.05) is 6.08 Å². The van der Waals surface area contributed by atoms with Gasteiger partial charge in [-0.15, -0.1) is 18.3 Å². The molecule has 6 nitrogen and oxygen atoms in total. The molecule has 0 aromatic heterocycles. The molecule has 2 amide bonds. The van der Waals surface area contributed by atoms with Crippen molar-refractivity contribution in [3.8, 4) is 0 Å². The Morgan fingerprint density at radius 1 is 1.52 bits per heavy atom. The fraction of sp³-hybridized carbons (Fsp3) is 0.312. The molecule has 23 heavy (non-hydrogen) atoms. The van der Waals surface area contributed by atoms with E-state index in [1.54, 1.807) is 31.2 Å². The van der Waals surface area contributed by atoms with E-state index in [-0.39, 0.29) is 17.6 Å². The van der Waals surface area contributed by atoms with Gasteiger partial charge in [-0.2, -0.15) is 0 Å². The molecule has 2 unspecified atom stereocenters. The van der Waals surface area contributed by atoms with E-state index in [0.717, 1.165) is 4.90 Å². The number of nitrogens with one attached hydrogen (secondary N) is 2. The number of fused-ring (bicyclic) bond motifs is 1. The van der Waals surface area contributed by atoms with Gasteiger partial charge in [0.05, 0.1) is 10.9 Å². The van der Waals surface area contributed by atoms with Gasteiger partial charge in [0.15, 0.2) is 0 Å². The molecule has 1 aliphatic heterocycles. The van der Waals surface area contributed by atoms with Crippen molar-refractivity contribution in [2.24, 2.45) is 0 Å². The molecular formula is C16H18N2O4S. The van der Waals surface area contributed by atoms with E-state index in [1.807, 2.05) is 0 Å². The van der Waals surface area contributed by atoms with Gasteiger partial charge >= 0.3 is 5.97 Å². The lowest BCUT2D eigenvalue weighted by Gasteiger charge is -2.22. The quantitative estimate of drug-likeness (QED) is 0.694. The van der Waals surface area contributed by atoms with Gasteiger partial charge < -0.3 is 15.7 Å². The average Bonchev–Trinajstić information content (AvgIpc) is 2.51. The van der Waals surface area contributed by atoms with Gasteiger partial charge in [0.2, 0.25) is 5.91 Å². The molecule has 1 aromatic carbocycles. The maximum Gasteiger partial charge on any atom is 0.326 e. The zero-order valence-corrected chi connectivity index (χ0v) is 13.5. The van der Waals surface area contributed by atoms with Crippen LogP contribution in [0, 0.1) is 0 Å². The number of carboxylic acids is 1. The van der Waals surface area contributed by atoms with E-state index in [4.69, 9.17) is 5.11 Å². The van der Waals surface area contributed by atoms with Crippen LogP contribution in [0.1, 0.15) is 30.1 Å². The summed E-state index contributed by atoms with van der Waals surface area (Å²) in [4.78, 5) is 36.0. The van der Waals surface area contributed by atoms with Gasteiger partial charge in [0.1, 0.15) is 6.04 Å². The van der Waals surface area contributed by atoms with Crippen molar-refractivity contribution < 1.29 is 19.5 Å². The summed E-state index contributed by atoms with van der Waals surface area (Å²) in [5, 5.41) is 14.2. The number of amides is 2. The van der Waals surface area contributed by atoms with Gasteiger partial charge in [0, 0.05) is 10.5 Å². The number of carboxylic acid groups (broad SMARTS) is 1. The molecule has 0 aliphatic carbocycles. The van der Waals surface area contributed by atoms with Gasteiger partial charge in [-0.25, -0.2) is 4.79 Å². The predicted molar refractivity (Wildman–Crippen MR) is 88.7 cm³/mol. The second-order valence-corrected chi connectivity index (χ2v) is 6.57. The lowest BCUT2D eigenvalue weighted by molar-refractivity contribution is -0.139. The Hall–Kier alpha value is -2.28. The Kier molecular flexibility index (Phi) is 5.44. The van der Waals surface area contributed by atoms with Crippen LogP contribution in [-0.4, -0.2) is 34.2 Å². The van der Waals surface area contributed by atoms with Gasteiger partial charge in [0.25, 0.3) is 5.91 Å². The smallest absolute Gasteiger partial charge is 0.326 e. The summed E-state index contributed by atoms with van der Waals surface area (Å²) in [5.74, 6) is -1.69.